The summed E-state index contributed by atoms with van der Waals surface area (Å²) < 4.78 is 0. The van der Waals surface area contributed by atoms with Crippen LogP contribution in [0.4, 0.5) is 0 Å². The van der Waals surface area contributed by atoms with Crippen LogP contribution in [0.5, 0.6) is 0 Å². The molecule has 2 unspecified atom stereocenters. The van der Waals surface area contributed by atoms with Crippen LogP contribution in [-0.4, -0.2) is 27.4 Å². The predicted molar refractivity (Wildman–Crippen MR) is 60.7 cm³/mol. The number of nitrogens with zero attached hydrogens (tertiary/aromatic N) is 1. The first-order valence-corrected chi connectivity index (χ1v) is 5.42. The zero-order chi connectivity index (χ0) is 11.5. The molecule has 4 heteroatoms. The summed E-state index contributed by atoms with van der Waals surface area (Å²) in [7, 11) is 0. The molecule has 0 amide bonds. The largest absolute Gasteiger partial charge is 0.389 e. The summed E-state index contributed by atoms with van der Waals surface area (Å²) in [6, 6.07) is 0.210. The van der Waals surface area contributed by atoms with E-state index >= 15 is 0 Å². The molecule has 0 aliphatic rings. The van der Waals surface area contributed by atoms with Crippen LogP contribution >= 0.6 is 0 Å². The molecule has 1 aromatic heterocycles. The van der Waals surface area contributed by atoms with E-state index in [4.69, 9.17) is 0 Å². The Morgan fingerprint density at radius 1 is 1.67 bits per heavy atom. The van der Waals surface area contributed by atoms with Crippen molar-refractivity contribution in [3.8, 4) is 0 Å². The predicted octanol–water partition coefficient (Wildman–Crippen LogP) is 1.53. The fourth-order valence-electron chi connectivity index (χ4n) is 1.40. The Kier molecular flexibility index (Phi) is 3.88. The van der Waals surface area contributed by atoms with Gasteiger partial charge in [-0.15, -0.1) is 0 Å². The lowest BCUT2D eigenvalue weighted by molar-refractivity contribution is 0.0533. The molecular formula is C11H21N3O. The Morgan fingerprint density at radius 3 is 2.80 bits per heavy atom. The van der Waals surface area contributed by atoms with Crippen molar-refractivity contribution in [2.45, 2.75) is 45.8 Å². The first-order chi connectivity index (χ1) is 6.96. The number of aliphatic hydroxyl groups is 1. The Morgan fingerprint density at radius 2 is 2.33 bits per heavy atom. The highest BCUT2D eigenvalue weighted by molar-refractivity contribution is 5.18. The summed E-state index contributed by atoms with van der Waals surface area (Å²) in [6.07, 6.45) is 2.57. The van der Waals surface area contributed by atoms with Crippen molar-refractivity contribution in [2.75, 3.05) is 6.54 Å². The molecule has 0 saturated carbocycles. The molecule has 0 aliphatic heterocycles. The molecule has 3 N–H and O–H groups in total. The second-order valence-corrected chi connectivity index (χ2v) is 4.40. The molecular weight excluding hydrogens is 190 g/mol. The van der Waals surface area contributed by atoms with Crippen LogP contribution in [0, 0.1) is 6.92 Å². The van der Waals surface area contributed by atoms with Gasteiger partial charge in [-0.3, -0.25) is 5.10 Å². The normalized spacial score (nSPS) is 17.4. The van der Waals surface area contributed by atoms with E-state index in [1.54, 1.807) is 0 Å². The molecule has 0 fully saturated rings. The topological polar surface area (TPSA) is 60.9 Å². The second-order valence-electron chi connectivity index (χ2n) is 4.40. The molecule has 0 saturated heterocycles. The molecule has 1 aromatic rings. The van der Waals surface area contributed by atoms with Gasteiger partial charge < -0.3 is 10.4 Å². The van der Waals surface area contributed by atoms with Gasteiger partial charge in [0.2, 0.25) is 0 Å². The minimum atomic E-state index is -0.633. The highest BCUT2D eigenvalue weighted by Gasteiger charge is 2.19. The Hall–Kier alpha value is -0.870. The van der Waals surface area contributed by atoms with Crippen LogP contribution in [0.1, 0.15) is 44.5 Å². The van der Waals surface area contributed by atoms with Crippen molar-refractivity contribution in [1.29, 1.82) is 0 Å². The maximum Gasteiger partial charge on any atom is 0.0741 e. The van der Waals surface area contributed by atoms with E-state index < -0.39 is 5.60 Å². The first-order valence-electron chi connectivity index (χ1n) is 5.42. The minimum Gasteiger partial charge on any atom is -0.389 e. The molecule has 4 nitrogen and oxygen atoms in total. The number of hydrogen-bond acceptors (Lipinski definition) is 3. The number of aromatic nitrogens is 2. The molecule has 2 atom stereocenters. The fourth-order valence-corrected chi connectivity index (χ4v) is 1.40. The second kappa shape index (κ2) is 4.77. The van der Waals surface area contributed by atoms with E-state index in [9.17, 15) is 5.11 Å². The molecule has 0 bridgehead atoms. The lowest BCUT2D eigenvalue weighted by Crippen LogP contribution is -2.38. The van der Waals surface area contributed by atoms with Crippen LogP contribution in [0.3, 0.4) is 0 Å². The van der Waals surface area contributed by atoms with Gasteiger partial charge in [0.15, 0.2) is 0 Å². The molecule has 0 aliphatic carbocycles. The van der Waals surface area contributed by atoms with Gasteiger partial charge in [0.25, 0.3) is 0 Å². The first kappa shape index (κ1) is 12.2. The van der Waals surface area contributed by atoms with E-state index in [1.165, 1.54) is 0 Å². The van der Waals surface area contributed by atoms with Crippen LogP contribution in [-0.2, 0) is 0 Å². The average molecular weight is 211 g/mol. The number of hydrogen-bond donors (Lipinski definition) is 3. The monoisotopic (exact) mass is 211 g/mol. The Bertz CT molecular complexity index is 307. The van der Waals surface area contributed by atoms with Gasteiger partial charge in [-0.2, -0.15) is 5.10 Å². The van der Waals surface area contributed by atoms with Gasteiger partial charge in [0.05, 0.1) is 11.8 Å². The van der Waals surface area contributed by atoms with Crippen LogP contribution in [0.15, 0.2) is 6.20 Å². The van der Waals surface area contributed by atoms with Crippen molar-refractivity contribution in [2.24, 2.45) is 0 Å². The van der Waals surface area contributed by atoms with Crippen molar-refractivity contribution in [3.63, 3.8) is 0 Å². The smallest absolute Gasteiger partial charge is 0.0741 e. The van der Waals surface area contributed by atoms with Crippen molar-refractivity contribution < 1.29 is 5.11 Å². The van der Waals surface area contributed by atoms with Gasteiger partial charge in [0.1, 0.15) is 0 Å². The number of aryl methyl sites for hydroxylation is 1. The van der Waals surface area contributed by atoms with Gasteiger partial charge in [-0.05, 0) is 27.2 Å². The van der Waals surface area contributed by atoms with Gasteiger partial charge in [-0.25, -0.2) is 0 Å². The molecule has 0 aromatic carbocycles. The van der Waals surface area contributed by atoms with Crippen molar-refractivity contribution in [1.82, 2.24) is 15.5 Å². The molecule has 0 radical (unpaired) electrons. The third-order valence-corrected chi connectivity index (χ3v) is 2.89. The van der Waals surface area contributed by atoms with Gasteiger partial charge in [-0.1, -0.05) is 6.92 Å². The van der Waals surface area contributed by atoms with Crippen molar-refractivity contribution in [3.05, 3.63) is 17.5 Å². The van der Waals surface area contributed by atoms with Crippen LogP contribution in [0.25, 0.3) is 0 Å². The molecule has 86 valence electrons. The van der Waals surface area contributed by atoms with Gasteiger partial charge >= 0.3 is 0 Å². The van der Waals surface area contributed by atoms with E-state index in [-0.39, 0.29) is 6.04 Å². The van der Waals surface area contributed by atoms with Crippen LogP contribution < -0.4 is 5.32 Å². The molecule has 0 spiro atoms. The molecule has 1 rings (SSSR count). The summed E-state index contributed by atoms with van der Waals surface area (Å²) in [5.74, 6) is 0. The number of H-pyrrole nitrogens is 1. The lowest BCUT2D eigenvalue weighted by atomic mass is 10.0. The number of rotatable bonds is 5. The lowest BCUT2D eigenvalue weighted by Gasteiger charge is -2.24. The van der Waals surface area contributed by atoms with Crippen LogP contribution in [0.2, 0.25) is 0 Å². The van der Waals surface area contributed by atoms with E-state index in [0.717, 1.165) is 17.7 Å². The fraction of sp³-hybridized carbons (Fsp3) is 0.727. The zero-order valence-corrected chi connectivity index (χ0v) is 9.96. The third kappa shape index (κ3) is 3.32. The van der Waals surface area contributed by atoms with E-state index in [2.05, 4.69) is 22.4 Å². The SMILES string of the molecule is CCC(C)(O)CNC(C)c1cn[nH]c1C. The van der Waals surface area contributed by atoms with Crippen molar-refractivity contribution >= 4 is 0 Å². The Balaban J connectivity index is 2.50. The highest BCUT2D eigenvalue weighted by atomic mass is 16.3. The maximum atomic E-state index is 9.85. The maximum absolute atomic E-state index is 9.85. The number of aromatic amines is 1. The van der Waals surface area contributed by atoms with E-state index in [1.807, 2.05) is 27.0 Å². The Labute approximate surface area is 91.1 Å². The third-order valence-electron chi connectivity index (χ3n) is 2.89. The highest BCUT2D eigenvalue weighted by Crippen LogP contribution is 2.15. The van der Waals surface area contributed by atoms with E-state index in [0.29, 0.717) is 6.54 Å². The average Bonchev–Trinajstić information content (AvgIpc) is 2.61. The summed E-state index contributed by atoms with van der Waals surface area (Å²) >= 11 is 0. The quantitative estimate of drug-likeness (QED) is 0.692. The zero-order valence-electron chi connectivity index (χ0n) is 9.96. The summed E-state index contributed by atoms with van der Waals surface area (Å²) in [5.41, 5.74) is 1.60. The minimum absolute atomic E-state index is 0.210. The molecule has 1 heterocycles. The summed E-state index contributed by atoms with van der Waals surface area (Å²) in [6.45, 7) is 8.49. The standard InChI is InChI=1S/C11H21N3O/c1-5-11(4,15)7-12-8(2)10-6-13-14-9(10)3/h6,8,12,15H,5,7H2,1-4H3,(H,13,14). The molecule has 15 heavy (non-hydrogen) atoms. The summed E-state index contributed by atoms with van der Waals surface area (Å²) in [4.78, 5) is 0. The number of nitrogens with one attached hydrogen (secondary N) is 2. The summed E-state index contributed by atoms with van der Waals surface area (Å²) in [5, 5.41) is 20.0. The van der Waals surface area contributed by atoms with Gasteiger partial charge in [0, 0.05) is 23.8 Å².